The van der Waals surface area contributed by atoms with Gasteiger partial charge in [-0.25, -0.2) is 14.4 Å². The van der Waals surface area contributed by atoms with Crippen molar-refractivity contribution in [3.05, 3.63) is 96.1 Å². The van der Waals surface area contributed by atoms with Gasteiger partial charge in [0, 0.05) is 12.5 Å². The number of phenolic OH excluding ortho intramolecular Hbond substituents is 1. The minimum atomic E-state index is -0.980. The number of esters is 3. The molecule has 2 unspecified atom stereocenters. The Labute approximate surface area is 262 Å². The molecule has 238 valence electrons. The quantitative estimate of drug-likeness (QED) is 0.0920. The molecular weight excluding hydrogens is 580 g/mol. The highest BCUT2D eigenvalue weighted by Gasteiger charge is 2.39. The lowest BCUT2D eigenvalue weighted by Crippen LogP contribution is -2.43. The Kier molecular flexibility index (Phi) is 11.5. The van der Waals surface area contributed by atoms with Crippen molar-refractivity contribution in [3.63, 3.8) is 0 Å². The maximum atomic E-state index is 12.7. The highest BCUT2D eigenvalue weighted by molar-refractivity contribution is 5.91. The molecule has 45 heavy (non-hydrogen) atoms. The van der Waals surface area contributed by atoms with E-state index in [1.54, 1.807) is 39.0 Å². The number of carbonyl (C=O) groups is 4. The van der Waals surface area contributed by atoms with E-state index in [2.05, 4.69) is 6.58 Å². The number of carbonyl (C=O) groups excluding carboxylic acids is 4. The molecule has 3 rings (SSSR count). The first-order valence-electron chi connectivity index (χ1n) is 14.4. The van der Waals surface area contributed by atoms with Crippen molar-refractivity contribution in [1.29, 1.82) is 0 Å². The van der Waals surface area contributed by atoms with Crippen molar-refractivity contribution in [2.45, 2.75) is 71.5 Å². The molecule has 0 saturated heterocycles. The van der Waals surface area contributed by atoms with Crippen molar-refractivity contribution in [2.24, 2.45) is 0 Å². The zero-order valence-corrected chi connectivity index (χ0v) is 26.1. The van der Waals surface area contributed by atoms with Gasteiger partial charge in [0.05, 0.1) is 12.0 Å². The lowest BCUT2D eigenvalue weighted by molar-refractivity contribution is -0.158. The Morgan fingerprint density at radius 2 is 1.40 bits per heavy atom. The van der Waals surface area contributed by atoms with Crippen LogP contribution in [0.3, 0.4) is 0 Å². The number of hydrogen-bond donors (Lipinski definition) is 1. The molecule has 0 saturated carbocycles. The van der Waals surface area contributed by atoms with Crippen LogP contribution in [0.25, 0.3) is 0 Å². The zero-order valence-electron chi connectivity index (χ0n) is 26.1. The van der Waals surface area contributed by atoms with Gasteiger partial charge in [-0.15, -0.1) is 0 Å². The van der Waals surface area contributed by atoms with Crippen molar-refractivity contribution in [3.8, 4) is 23.0 Å². The molecule has 10 heteroatoms. The molecule has 0 bridgehead atoms. The zero-order chi connectivity index (χ0) is 33.2. The van der Waals surface area contributed by atoms with Crippen LogP contribution in [-0.2, 0) is 25.5 Å². The molecule has 0 fully saturated rings. The SMILES string of the molecule is C=CC(=O)OC(C)(CC)CC(C)(CC)OC(=O)Oc1ccc(C(=O)Oc2ccc(OC(=O)Cc3ccc(O)cc3)c(C)c2)cc1. The summed E-state index contributed by atoms with van der Waals surface area (Å²) in [6.45, 7) is 12.4. The van der Waals surface area contributed by atoms with Gasteiger partial charge < -0.3 is 28.8 Å². The monoisotopic (exact) mass is 618 g/mol. The second kappa shape index (κ2) is 15.1. The third kappa shape index (κ3) is 10.2. The number of ether oxygens (including phenoxy) is 5. The molecule has 0 amide bonds. The molecule has 0 aliphatic carbocycles. The van der Waals surface area contributed by atoms with Gasteiger partial charge in [0.2, 0.25) is 0 Å². The summed E-state index contributed by atoms with van der Waals surface area (Å²) in [7, 11) is 0. The molecule has 3 aromatic rings. The summed E-state index contributed by atoms with van der Waals surface area (Å²) >= 11 is 0. The number of rotatable bonds is 13. The van der Waals surface area contributed by atoms with Crippen molar-refractivity contribution >= 4 is 24.1 Å². The van der Waals surface area contributed by atoms with Gasteiger partial charge in [-0.1, -0.05) is 32.6 Å². The van der Waals surface area contributed by atoms with E-state index >= 15 is 0 Å². The third-order valence-corrected chi connectivity index (χ3v) is 7.24. The highest BCUT2D eigenvalue weighted by atomic mass is 16.7. The van der Waals surface area contributed by atoms with Crippen LogP contribution in [0.5, 0.6) is 23.0 Å². The van der Waals surface area contributed by atoms with E-state index in [0.29, 0.717) is 29.7 Å². The summed E-state index contributed by atoms with van der Waals surface area (Å²) < 4.78 is 27.4. The predicted molar refractivity (Wildman–Crippen MR) is 165 cm³/mol. The maximum absolute atomic E-state index is 12.7. The first-order chi connectivity index (χ1) is 21.3. The Morgan fingerprint density at radius 1 is 0.800 bits per heavy atom. The number of benzene rings is 3. The first kappa shape index (κ1) is 34.4. The van der Waals surface area contributed by atoms with Crippen LogP contribution in [0.15, 0.2) is 79.4 Å². The number of aromatic hydroxyl groups is 1. The van der Waals surface area contributed by atoms with Gasteiger partial charge in [-0.05, 0) is 99.3 Å². The Morgan fingerprint density at radius 3 is 1.98 bits per heavy atom. The van der Waals surface area contributed by atoms with Crippen molar-refractivity contribution in [1.82, 2.24) is 0 Å². The lowest BCUT2D eigenvalue weighted by Gasteiger charge is -2.37. The van der Waals surface area contributed by atoms with E-state index in [1.165, 1.54) is 48.5 Å². The average Bonchev–Trinajstić information content (AvgIpc) is 2.99. The van der Waals surface area contributed by atoms with Gasteiger partial charge in [0.1, 0.15) is 34.2 Å². The van der Waals surface area contributed by atoms with Gasteiger partial charge in [-0.3, -0.25) is 4.79 Å². The molecular formula is C35H38O10. The minimum Gasteiger partial charge on any atom is -0.508 e. The molecule has 0 aromatic heterocycles. The largest absolute Gasteiger partial charge is 0.514 e. The van der Waals surface area contributed by atoms with Crippen molar-refractivity contribution in [2.75, 3.05) is 0 Å². The van der Waals surface area contributed by atoms with Gasteiger partial charge >= 0.3 is 24.1 Å². The van der Waals surface area contributed by atoms with Crippen LogP contribution < -0.4 is 14.2 Å². The average molecular weight is 619 g/mol. The first-order valence-corrected chi connectivity index (χ1v) is 14.4. The molecule has 10 nitrogen and oxygen atoms in total. The lowest BCUT2D eigenvalue weighted by atomic mass is 9.85. The summed E-state index contributed by atoms with van der Waals surface area (Å²) in [5.41, 5.74) is -0.378. The van der Waals surface area contributed by atoms with Crippen molar-refractivity contribution < 1.29 is 48.0 Å². The maximum Gasteiger partial charge on any atom is 0.514 e. The van der Waals surface area contributed by atoms with E-state index in [9.17, 15) is 24.3 Å². The molecule has 1 N–H and O–H groups in total. The fraction of sp³-hybridized carbons (Fsp3) is 0.314. The molecule has 0 aliphatic rings. The van der Waals surface area contributed by atoms with Gasteiger partial charge in [-0.2, -0.15) is 0 Å². The van der Waals surface area contributed by atoms with Crippen LogP contribution in [-0.4, -0.2) is 40.4 Å². The molecule has 0 radical (unpaired) electrons. The van der Waals surface area contributed by atoms with E-state index in [4.69, 9.17) is 23.7 Å². The summed E-state index contributed by atoms with van der Waals surface area (Å²) in [6.07, 6.45) is 1.35. The molecule has 0 aliphatic heterocycles. The van der Waals surface area contributed by atoms with E-state index in [1.807, 2.05) is 13.8 Å². The predicted octanol–water partition coefficient (Wildman–Crippen LogP) is 7.04. The van der Waals surface area contributed by atoms with E-state index < -0.39 is 35.3 Å². The second-order valence-electron chi connectivity index (χ2n) is 11.0. The summed E-state index contributed by atoms with van der Waals surface area (Å²) in [4.78, 5) is 49.5. The number of aryl methyl sites for hydroxylation is 1. The Balaban J connectivity index is 1.56. The second-order valence-corrected chi connectivity index (χ2v) is 11.0. The smallest absolute Gasteiger partial charge is 0.508 e. The standard InChI is InChI=1S/C35H38O10/c1-7-30(37)44-34(5,8-2)22-35(6,9-3)45-33(40)42-27-16-12-25(13-17-27)32(39)41-28-18-19-29(23(4)20-28)43-31(38)21-24-10-14-26(36)15-11-24/h7,10-20,36H,1,8-9,21-22H2,2-6H3. The van der Waals surface area contributed by atoms with Gasteiger partial charge in [0.25, 0.3) is 0 Å². The molecule has 2 atom stereocenters. The normalized spacial score (nSPS) is 13.4. The van der Waals surface area contributed by atoms with Crippen LogP contribution >= 0.6 is 0 Å². The fourth-order valence-electron chi connectivity index (χ4n) is 4.42. The Bertz CT molecular complexity index is 1530. The topological polar surface area (TPSA) is 135 Å². The van der Waals surface area contributed by atoms with E-state index in [-0.39, 0.29) is 35.7 Å². The minimum absolute atomic E-state index is 0.0251. The molecule has 0 spiro atoms. The van der Waals surface area contributed by atoms with Gasteiger partial charge in [0.15, 0.2) is 0 Å². The van der Waals surface area contributed by atoms with Crippen LogP contribution in [0.4, 0.5) is 4.79 Å². The highest BCUT2D eigenvalue weighted by Crippen LogP contribution is 2.33. The van der Waals surface area contributed by atoms with Crippen LogP contribution in [0.1, 0.15) is 68.4 Å². The summed E-state index contributed by atoms with van der Waals surface area (Å²) in [5.74, 6) is -0.857. The molecule has 3 aromatic carbocycles. The Hall–Kier alpha value is -5.12. The van der Waals surface area contributed by atoms with Crippen LogP contribution in [0, 0.1) is 6.92 Å². The fourth-order valence-corrected chi connectivity index (χ4v) is 4.42. The number of phenols is 1. The number of hydrogen-bond acceptors (Lipinski definition) is 10. The van der Waals surface area contributed by atoms with E-state index in [0.717, 1.165) is 6.08 Å². The summed E-state index contributed by atoms with van der Waals surface area (Å²) in [5, 5.41) is 9.38. The third-order valence-electron chi connectivity index (χ3n) is 7.24. The van der Waals surface area contributed by atoms with Crippen LogP contribution in [0.2, 0.25) is 0 Å². The molecule has 0 heterocycles. The summed E-state index contributed by atoms with van der Waals surface area (Å²) in [6, 6.07) is 16.6.